The van der Waals surface area contributed by atoms with Crippen molar-refractivity contribution in [2.75, 3.05) is 13.4 Å². The van der Waals surface area contributed by atoms with Crippen LogP contribution in [0.3, 0.4) is 0 Å². The number of ether oxygens (including phenoxy) is 2. The Hall–Kier alpha value is -4.04. The molecule has 1 unspecified atom stereocenters. The molecular weight excluding hydrogens is 508 g/mol. The molecule has 0 saturated heterocycles. The maximum absolute atomic E-state index is 13.0. The predicted molar refractivity (Wildman–Crippen MR) is 124 cm³/mol. The Morgan fingerprint density at radius 1 is 1.11 bits per heavy atom. The summed E-state index contributed by atoms with van der Waals surface area (Å²) in [7, 11) is 0.743. The number of esters is 1. The molecular formula is C20H17ClN4O9S. The van der Waals surface area contributed by atoms with Gasteiger partial charge in [-0.05, 0) is 30.3 Å². The average Bonchev–Trinajstić information content (AvgIpc) is 2.81. The van der Waals surface area contributed by atoms with Gasteiger partial charge >= 0.3 is 28.7 Å². The summed E-state index contributed by atoms with van der Waals surface area (Å²) in [6.07, 6.45) is 1.44. The zero-order chi connectivity index (χ0) is 26.0. The number of halogens is 1. The van der Waals surface area contributed by atoms with Gasteiger partial charge in [0.15, 0.2) is 0 Å². The first kappa shape index (κ1) is 25.6. The molecule has 0 N–H and O–H groups in total. The van der Waals surface area contributed by atoms with Gasteiger partial charge in [-0.3, -0.25) is 19.1 Å². The van der Waals surface area contributed by atoms with E-state index in [9.17, 15) is 33.5 Å². The molecule has 0 bridgehead atoms. The minimum absolute atomic E-state index is 0.0112. The van der Waals surface area contributed by atoms with Gasteiger partial charge in [0, 0.05) is 29.0 Å². The Labute approximate surface area is 203 Å². The first-order valence-corrected chi connectivity index (χ1v) is 11.5. The van der Waals surface area contributed by atoms with Gasteiger partial charge in [-0.2, -0.15) is 0 Å². The van der Waals surface area contributed by atoms with Gasteiger partial charge in [-0.25, -0.2) is 28.1 Å². The molecule has 0 radical (unpaired) electrons. The molecule has 3 rings (SSSR count). The molecule has 0 spiro atoms. The molecule has 2 aromatic carbocycles. The predicted octanol–water partition coefficient (Wildman–Crippen LogP) is 0.962. The Morgan fingerprint density at radius 2 is 1.80 bits per heavy atom. The summed E-state index contributed by atoms with van der Waals surface area (Å²) in [4.78, 5) is 61.4. The zero-order valence-corrected chi connectivity index (χ0v) is 20.0. The molecule has 13 nitrogen and oxygen atoms in total. The minimum Gasteiger partial charge on any atom is -0.468 e. The summed E-state index contributed by atoms with van der Waals surface area (Å²) >= 11 is 6.16. The highest BCUT2D eigenvalue weighted by atomic mass is 35.5. The summed E-state index contributed by atoms with van der Waals surface area (Å²) in [5.74, 6) is -1.34. The van der Waals surface area contributed by atoms with Crippen molar-refractivity contribution < 1.29 is 23.4 Å². The molecule has 0 aliphatic heterocycles. The van der Waals surface area contributed by atoms with Crippen molar-refractivity contribution in [2.24, 2.45) is 7.05 Å². The second-order valence-corrected chi connectivity index (χ2v) is 8.72. The van der Waals surface area contributed by atoms with Crippen LogP contribution in [0.2, 0.25) is 5.02 Å². The zero-order valence-electron chi connectivity index (χ0n) is 18.4. The number of para-hydroxylation sites is 1. The van der Waals surface area contributed by atoms with Crippen LogP contribution in [0.1, 0.15) is 0 Å². The summed E-state index contributed by atoms with van der Waals surface area (Å²) in [6.45, 7) is -0.826. The molecule has 0 saturated carbocycles. The number of nitro benzene ring substituents is 1. The molecule has 3 aromatic rings. The Morgan fingerprint density at radius 3 is 2.37 bits per heavy atom. The number of benzene rings is 2. The van der Waals surface area contributed by atoms with Gasteiger partial charge in [0.1, 0.15) is 18.0 Å². The average molecular weight is 525 g/mol. The first-order valence-electron chi connectivity index (χ1n) is 9.56. The number of nitro groups is 1. The van der Waals surface area contributed by atoms with E-state index in [2.05, 4.69) is 4.74 Å². The number of carbonyl (C=O) groups excluding carboxylic acids is 1. The summed E-state index contributed by atoms with van der Waals surface area (Å²) in [6, 6.07) is 7.77. The monoisotopic (exact) mass is 524 g/mol. The van der Waals surface area contributed by atoms with Crippen molar-refractivity contribution in [3.63, 3.8) is 0 Å². The molecule has 1 aromatic heterocycles. The van der Waals surface area contributed by atoms with Gasteiger partial charge in [0.25, 0.3) is 0 Å². The summed E-state index contributed by atoms with van der Waals surface area (Å²) < 4.78 is 23.0. The van der Waals surface area contributed by atoms with E-state index in [1.807, 2.05) is 0 Å². The van der Waals surface area contributed by atoms with Crippen LogP contribution in [0.5, 0.6) is 11.5 Å². The summed E-state index contributed by atoms with van der Waals surface area (Å²) in [5.41, 5.74) is -4.89. The first-order chi connectivity index (χ1) is 16.5. The highest BCUT2D eigenvalue weighted by Crippen LogP contribution is 2.38. The lowest BCUT2D eigenvalue weighted by molar-refractivity contribution is -0.385. The summed E-state index contributed by atoms with van der Waals surface area (Å²) in [5, 5.41) is 12.0. The van der Waals surface area contributed by atoms with Gasteiger partial charge in [-0.15, -0.1) is 0 Å². The van der Waals surface area contributed by atoms with E-state index in [1.54, 1.807) is 0 Å². The normalized spacial score (nSPS) is 11.7. The highest BCUT2D eigenvalue weighted by molar-refractivity contribution is 7.84. The van der Waals surface area contributed by atoms with E-state index < -0.39 is 56.7 Å². The Kier molecular flexibility index (Phi) is 7.36. The second kappa shape index (κ2) is 10.1. The fourth-order valence-electron chi connectivity index (χ4n) is 3.05. The fraction of sp³-hybridized carbons (Fsp3) is 0.200. The molecule has 184 valence electrons. The van der Waals surface area contributed by atoms with Crippen molar-refractivity contribution in [1.82, 2.24) is 13.7 Å². The molecule has 0 aliphatic carbocycles. The van der Waals surface area contributed by atoms with Crippen LogP contribution >= 0.6 is 11.6 Å². The van der Waals surface area contributed by atoms with Crippen molar-refractivity contribution in [3.8, 4) is 17.2 Å². The van der Waals surface area contributed by atoms with Crippen LogP contribution in [0, 0.1) is 10.1 Å². The number of hydrogen-bond acceptors (Lipinski definition) is 9. The van der Waals surface area contributed by atoms with Crippen LogP contribution in [0.25, 0.3) is 5.69 Å². The van der Waals surface area contributed by atoms with Crippen LogP contribution in [-0.4, -0.2) is 42.2 Å². The van der Waals surface area contributed by atoms with Gasteiger partial charge < -0.3 is 9.47 Å². The second-order valence-electron chi connectivity index (χ2n) is 6.93. The van der Waals surface area contributed by atoms with Crippen molar-refractivity contribution in [1.29, 1.82) is 0 Å². The maximum atomic E-state index is 13.0. The van der Waals surface area contributed by atoms with Crippen molar-refractivity contribution in [2.45, 2.75) is 11.4 Å². The van der Waals surface area contributed by atoms with Crippen LogP contribution in [0.15, 0.2) is 55.7 Å². The number of nitrogens with zero attached hydrogens (tertiary/aromatic N) is 4. The lowest BCUT2D eigenvalue weighted by Gasteiger charge is -2.14. The van der Waals surface area contributed by atoms with Gasteiger partial charge in [0.2, 0.25) is 5.75 Å². The van der Waals surface area contributed by atoms with Gasteiger partial charge in [-0.1, -0.05) is 17.7 Å². The molecule has 15 heteroatoms. The van der Waals surface area contributed by atoms with E-state index in [0.29, 0.717) is 18.6 Å². The Bertz CT molecular complexity index is 1560. The van der Waals surface area contributed by atoms with E-state index in [-0.39, 0.29) is 16.5 Å². The van der Waals surface area contributed by atoms with E-state index >= 15 is 0 Å². The van der Waals surface area contributed by atoms with Gasteiger partial charge in [0.05, 0.1) is 17.1 Å². The van der Waals surface area contributed by atoms with E-state index in [0.717, 1.165) is 20.2 Å². The third-order valence-corrected chi connectivity index (χ3v) is 6.00. The third kappa shape index (κ3) is 4.93. The van der Waals surface area contributed by atoms with Crippen LogP contribution < -0.4 is 21.8 Å². The molecule has 1 heterocycles. The third-order valence-electron chi connectivity index (χ3n) is 4.79. The Balaban J connectivity index is 2.26. The number of aromatic nitrogens is 3. The standard InChI is InChI=1S/C20H17ClN4O9S/c1-22-18(27)23(10-16(26)33-2)20(29)24(19(22)28)13-5-4-6-15(17(13)25(30)31)34-14-8-7-11(35(3)32)9-12(14)21/h4-9H,10H2,1-3H3. The molecule has 1 atom stereocenters. The topological polar surface area (TPSA) is 162 Å². The quantitative estimate of drug-likeness (QED) is 0.249. The number of hydrogen-bond donors (Lipinski definition) is 0. The smallest absolute Gasteiger partial charge is 0.341 e. The number of carbonyl (C=O) groups is 1. The SMILES string of the molecule is COC(=O)Cn1c(=O)n(C)c(=O)n(-c2cccc(Oc3ccc(S(C)=O)cc3Cl)c2[N+](=O)[O-])c1=O. The molecule has 0 aliphatic rings. The number of methoxy groups -OCH3 is 1. The minimum atomic E-state index is -1.34. The van der Waals surface area contributed by atoms with E-state index in [1.165, 1.54) is 36.6 Å². The lowest BCUT2D eigenvalue weighted by Crippen LogP contribution is -2.53. The van der Waals surface area contributed by atoms with Crippen LogP contribution in [0.4, 0.5) is 5.69 Å². The van der Waals surface area contributed by atoms with E-state index in [4.69, 9.17) is 16.3 Å². The van der Waals surface area contributed by atoms with Crippen molar-refractivity contribution in [3.05, 3.63) is 83.0 Å². The highest BCUT2D eigenvalue weighted by Gasteiger charge is 2.28. The lowest BCUT2D eigenvalue weighted by atomic mass is 10.2. The molecule has 0 fully saturated rings. The maximum Gasteiger partial charge on any atom is 0.341 e. The fourth-order valence-corrected chi connectivity index (χ4v) is 3.88. The number of rotatable bonds is 7. The van der Waals surface area contributed by atoms with Crippen LogP contribution in [-0.2, 0) is 33.9 Å². The largest absolute Gasteiger partial charge is 0.468 e. The molecule has 0 amide bonds. The van der Waals surface area contributed by atoms with Crippen molar-refractivity contribution >= 4 is 34.1 Å². The molecule has 35 heavy (non-hydrogen) atoms.